The summed E-state index contributed by atoms with van der Waals surface area (Å²) >= 11 is 6.02. The van der Waals surface area contributed by atoms with Crippen LogP contribution in [0.15, 0.2) is 48.0 Å². The fraction of sp³-hybridized carbons (Fsp3) is 0.400. The molecule has 6 unspecified atom stereocenters. The number of likely N-dealkylation sites (tertiary alicyclic amines) is 1. The first-order chi connectivity index (χ1) is 19.0. The topological polar surface area (TPSA) is 104 Å². The van der Waals surface area contributed by atoms with Gasteiger partial charge in [-0.3, -0.25) is 24.1 Å². The Morgan fingerprint density at radius 1 is 1.07 bits per heavy atom. The number of anilines is 1. The Bertz CT molecular complexity index is 1520. The summed E-state index contributed by atoms with van der Waals surface area (Å²) in [5, 5.41) is 10.5. The average Bonchev–Trinajstić information content (AvgIpc) is 3.29. The standard InChI is InChI=1S/C30H28ClFN2O6/c1-4-33-26(36)17-8-7-16-18(24(17)28(33)38)13-19-27(37)34(15-6-9-21(32)20(31)12-15)29(39)30(19,2)25(16)14-5-10-23(40-3)22(35)11-14/h5-7,9-12,17-19,24-25,35H,4,8,13H2,1-3H3. The van der Waals surface area contributed by atoms with Crippen molar-refractivity contribution in [1.82, 2.24) is 4.90 Å². The van der Waals surface area contributed by atoms with Crippen LogP contribution in [-0.4, -0.2) is 47.3 Å². The molecule has 8 nitrogen and oxygen atoms in total. The Morgan fingerprint density at radius 3 is 2.48 bits per heavy atom. The smallest absolute Gasteiger partial charge is 0.241 e. The molecule has 2 aliphatic heterocycles. The second-order valence-electron chi connectivity index (χ2n) is 11.1. The summed E-state index contributed by atoms with van der Waals surface area (Å²) in [6.45, 7) is 3.76. The number of nitrogens with zero attached hydrogens (tertiary/aromatic N) is 2. The molecule has 1 N–H and O–H groups in total. The molecule has 2 heterocycles. The Hall–Kier alpha value is -3.72. The van der Waals surface area contributed by atoms with Crippen LogP contribution in [0.25, 0.3) is 0 Å². The number of phenols is 1. The number of rotatable bonds is 4. The predicted molar refractivity (Wildman–Crippen MR) is 143 cm³/mol. The van der Waals surface area contributed by atoms with Crippen molar-refractivity contribution in [3.8, 4) is 11.5 Å². The van der Waals surface area contributed by atoms with Crippen molar-refractivity contribution in [3.05, 3.63) is 64.5 Å². The van der Waals surface area contributed by atoms with E-state index in [2.05, 4.69) is 0 Å². The normalized spacial score (nSPS) is 31.2. The largest absolute Gasteiger partial charge is 0.504 e. The first kappa shape index (κ1) is 26.5. The lowest BCUT2D eigenvalue weighted by molar-refractivity contribution is -0.140. The van der Waals surface area contributed by atoms with E-state index >= 15 is 0 Å². The van der Waals surface area contributed by atoms with Gasteiger partial charge in [-0.25, -0.2) is 9.29 Å². The van der Waals surface area contributed by atoms with Crippen molar-refractivity contribution in [3.63, 3.8) is 0 Å². The molecule has 0 aromatic heterocycles. The Kier molecular flexibility index (Phi) is 6.07. The molecule has 1 saturated carbocycles. The zero-order valence-corrected chi connectivity index (χ0v) is 22.9. The first-order valence-corrected chi connectivity index (χ1v) is 13.7. The summed E-state index contributed by atoms with van der Waals surface area (Å²) in [5.41, 5.74) is 0.269. The van der Waals surface area contributed by atoms with Gasteiger partial charge in [-0.2, -0.15) is 0 Å². The second kappa shape index (κ2) is 9.16. The molecule has 2 saturated heterocycles. The maximum atomic E-state index is 14.3. The van der Waals surface area contributed by atoms with Crippen molar-refractivity contribution < 1.29 is 33.4 Å². The zero-order chi connectivity index (χ0) is 28.7. The molecule has 0 bridgehead atoms. The molecule has 6 rings (SSSR count). The molecule has 0 radical (unpaired) electrons. The Balaban J connectivity index is 1.53. The molecule has 2 aromatic carbocycles. The van der Waals surface area contributed by atoms with Crippen molar-refractivity contribution >= 4 is 40.9 Å². The fourth-order valence-electron chi connectivity index (χ4n) is 7.53. The highest BCUT2D eigenvalue weighted by molar-refractivity contribution is 6.31. The number of imide groups is 2. The third kappa shape index (κ3) is 3.43. The van der Waals surface area contributed by atoms with Crippen LogP contribution in [-0.2, 0) is 19.2 Å². The zero-order valence-electron chi connectivity index (χ0n) is 22.2. The van der Waals surface area contributed by atoms with Crippen molar-refractivity contribution in [2.45, 2.75) is 32.6 Å². The third-order valence-corrected chi connectivity index (χ3v) is 9.67. The predicted octanol–water partition coefficient (Wildman–Crippen LogP) is 4.44. The van der Waals surface area contributed by atoms with Gasteiger partial charge in [-0.1, -0.05) is 29.3 Å². The van der Waals surface area contributed by atoms with Gasteiger partial charge < -0.3 is 9.84 Å². The number of ether oxygens (including phenoxy) is 1. The Labute approximate surface area is 235 Å². The number of methoxy groups -OCH3 is 1. The molecule has 0 spiro atoms. The van der Waals surface area contributed by atoms with E-state index in [0.29, 0.717) is 12.0 Å². The maximum absolute atomic E-state index is 14.3. The summed E-state index contributed by atoms with van der Waals surface area (Å²) in [6.07, 6.45) is 2.49. The number of phenolic OH excluding ortho intramolecular Hbond substituents is 1. The molecule has 10 heteroatoms. The molecule has 4 aliphatic rings. The van der Waals surface area contributed by atoms with Crippen LogP contribution in [0.1, 0.15) is 38.2 Å². The summed E-state index contributed by atoms with van der Waals surface area (Å²) < 4.78 is 19.2. The van der Waals surface area contributed by atoms with Gasteiger partial charge in [0.1, 0.15) is 5.82 Å². The molecule has 6 atom stereocenters. The minimum atomic E-state index is -1.29. The number of carbonyl (C=O) groups is 4. The lowest BCUT2D eigenvalue weighted by Crippen LogP contribution is -2.48. The van der Waals surface area contributed by atoms with Crippen molar-refractivity contribution in [1.29, 1.82) is 0 Å². The van der Waals surface area contributed by atoms with Crippen LogP contribution in [0, 0.1) is 34.9 Å². The highest BCUT2D eigenvalue weighted by Crippen LogP contribution is 2.63. The van der Waals surface area contributed by atoms with Crippen LogP contribution >= 0.6 is 11.6 Å². The number of carbonyl (C=O) groups excluding carboxylic acids is 4. The number of hydrogen-bond donors (Lipinski definition) is 1. The molecule has 2 aliphatic carbocycles. The van der Waals surface area contributed by atoms with Gasteiger partial charge in [-0.05, 0) is 68.5 Å². The highest BCUT2D eigenvalue weighted by atomic mass is 35.5. The van der Waals surface area contributed by atoms with E-state index < -0.39 is 52.6 Å². The number of allylic oxidation sites excluding steroid dienone is 2. The third-order valence-electron chi connectivity index (χ3n) is 9.38. The number of fused-ring (bicyclic) bond motifs is 4. The van der Waals surface area contributed by atoms with E-state index in [9.17, 15) is 28.7 Å². The lowest BCUT2D eigenvalue weighted by Gasteiger charge is -2.49. The van der Waals surface area contributed by atoms with E-state index in [4.69, 9.17) is 16.3 Å². The summed E-state index contributed by atoms with van der Waals surface area (Å²) in [4.78, 5) is 57.3. The van der Waals surface area contributed by atoms with Gasteiger partial charge >= 0.3 is 0 Å². The van der Waals surface area contributed by atoms with E-state index in [0.717, 1.165) is 16.5 Å². The van der Waals surface area contributed by atoms with E-state index in [-0.39, 0.29) is 47.0 Å². The van der Waals surface area contributed by atoms with Gasteiger partial charge in [0.15, 0.2) is 11.5 Å². The average molecular weight is 567 g/mol. The molecule has 4 amide bonds. The number of halogens is 2. The lowest BCUT2D eigenvalue weighted by atomic mass is 9.51. The number of amides is 4. The maximum Gasteiger partial charge on any atom is 0.241 e. The number of aromatic hydroxyl groups is 1. The fourth-order valence-corrected chi connectivity index (χ4v) is 7.70. The van der Waals surface area contributed by atoms with Crippen LogP contribution in [0.5, 0.6) is 11.5 Å². The van der Waals surface area contributed by atoms with Crippen LogP contribution < -0.4 is 9.64 Å². The van der Waals surface area contributed by atoms with E-state index in [1.807, 2.05) is 6.08 Å². The van der Waals surface area contributed by atoms with Crippen LogP contribution in [0.3, 0.4) is 0 Å². The number of hydrogen-bond acceptors (Lipinski definition) is 6. The summed E-state index contributed by atoms with van der Waals surface area (Å²) in [7, 11) is 1.43. The number of benzene rings is 2. The van der Waals surface area contributed by atoms with Gasteiger partial charge in [0.05, 0.1) is 41.0 Å². The molecule has 2 aromatic rings. The van der Waals surface area contributed by atoms with Crippen molar-refractivity contribution in [2.75, 3.05) is 18.6 Å². The molecule has 208 valence electrons. The highest BCUT2D eigenvalue weighted by Gasteiger charge is 2.67. The molecular weight excluding hydrogens is 539 g/mol. The summed E-state index contributed by atoms with van der Waals surface area (Å²) in [6, 6.07) is 8.57. The quantitative estimate of drug-likeness (QED) is 0.433. The van der Waals surface area contributed by atoms with E-state index in [1.54, 1.807) is 26.0 Å². The molecule has 40 heavy (non-hydrogen) atoms. The minimum Gasteiger partial charge on any atom is -0.504 e. The summed E-state index contributed by atoms with van der Waals surface area (Å²) in [5.74, 6) is -5.08. The monoisotopic (exact) mass is 566 g/mol. The van der Waals surface area contributed by atoms with Crippen LogP contribution in [0.2, 0.25) is 5.02 Å². The molecule has 3 fully saturated rings. The van der Waals surface area contributed by atoms with Gasteiger partial charge in [0.25, 0.3) is 0 Å². The SMILES string of the molecule is CCN1C(=O)C2CC=C3C(CC4C(=O)N(c5ccc(F)c(Cl)c5)C(=O)C4(C)C3c3ccc(OC)c(O)c3)C2C1=O. The van der Waals surface area contributed by atoms with Crippen LogP contribution in [0.4, 0.5) is 10.1 Å². The first-order valence-electron chi connectivity index (χ1n) is 13.3. The second-order valence-corrected chi connectivity index (χ2v) is 11.5. The van der Waals surface area contributed by atoms with E-state index in [1.165, 1.54) is 30.2 Å². The van der Waals surface area contributed by atoms with Gasteiger partial charge in [0, 0.05) is 12.5 Å². The van der Waals surface area contributed by atoms with Crippen molar-refractivity contribution in [2.24, 2.45) is 29.1 Å². The minimum absolute atomic E-state index is 0.125. The van der Waals surface area contributed by atoms with Gasteiger partial charge in [-0.15, -0.1) is 0 Å². The molecular formula is C30H28ClFN2O6. The Morgan fingerprint density at radius 2 is 1.82 bits per heavy atom. The van der Waals surface area contributed by atoms with Gasteiger partial charge in [0.2, 0.25) is 23.6 Å².